The lowest BCUT2D eigenvalue weighted by Gasteiger charge is -2.23. The normalized spacial score (nSPS) is 26.7. The predicted molar refractivity (Wildman–Crippen MR) is 45.8 cm³/mol. The van der Waals surface area contributed by atoms with Gasteiger partial charge in [-0.1, -0.05) is 0 Å². The number of esters is 1. The molecule has 0 aromatic carbocycles. The topological polar surface area (TPSA) is 72.4 Å². The fraction of sp³-hybridized carbons (Fsp3) is 0.750. The van der Waals surface area contributed by atoms with Crippen molar-refractivity contribution in [3.8, 4) is 0 Å². The largest absolute Gasteiger partial charge is 0.468 e. The van der Waals surface area contributed by atoms with Crippen LogP contribution in [0.3, 0.4) is 0 Å². The van der Waals surface area contributed by atoms with Crippen LogP contribution in [-0.4, -0.2) is 42.0 Å². The van der Waals surface area contributed by atoms with E-state index in [0.29, 0.717) is 6.54 Å². The van der Waals surface area contributed by atoms with Crippen LogP contribution >= 0.6 is 0 Å². The van der Waals surface area contributed by atoms with Gasteiger partial charge in [0.05, 0.1) is 7.11 Å². The minimum absolute atomic E-state index is 0.311. The van der Waals surface area contributed by atoms with E-state index in [9.17, 15) is 9.59 Å². The van der Waals surface area contributed by atoms with Gasteiger partial charge in [0.15, 0.2) is 0 Å². The van der Waals surface area contributed by atoms with Crippen molar-refractivity contribution >= 4 is 11.9 Å². The molecule has 1 rings (SSSR count). The van der Waals surface area contributed by atoms with Crippen LogP contribution in [0, 0.1) is 0 Å². The Kier molecular flexibility index (Phi) is 2.30. The number of nitrogens with two attached hydrogens (primary N) is 1. The summed E-state index contributed by atoms with van der Waals surface area (Å²) in [6, 6.07) is -0.311. The first-order valence-corrected chi connectivity index (χ1v) is 4.05. The van der Waals surface area contributed by atoms with Crippen molar-refractivity contribution in [2.24, 2.45) is 5.73 Å². The number of methoxy groups -OCH3 is 1. The van der Waals surface area contributed by atoms with Crippen LogP contribution < -0.4 is 5.73 Å². The molecule has 1 unspecified atom stereocenters. The van der Waals surface area contributed by atoms with E-state index in [-0.39, 0.29) is 12.0 Å². The lowest BCUT2D eigenvalue weighted by Crippen LogP contribution is -2.43. The first kappa shape index (κ1) is 9.98. The van der Waals surface area contributed by atoms with Crippen LogP contribution in [0.15, 0.2) is 0 Å². The van der Waals surface area contributed by atoms with Crippen LogP contribution in [0.1, 0.15) is 13.8 Å². The number of rotatable bonds is 3. The molecular formula is C8H14N2O3. The quantitative estimate of drug-likeness (QED) is 0.458. The summed E-state index contributed by atoms with van der Waals surface area (Å²) in [7, 11) is 1.33. The van der Waals surface area contributed by atoms with Gasteiger partial charge in [-0.15, -0.1) is 0 Å². The standard InChI is InChI=1S/C8H14N2O3/c1-8(2,7(12)13-3)10-4-5(10)6(9)11/h5H,4H2,1-3H3,(H2,9,11)/t5-,10?/m1/s1. The lowest BCUT2D eigenvalue weighted by molar-refractivity contribution is -0.150. The van der Waals surface area contributed by atoms with Crippen molar-refractivity contribution in [2.45, 2.75) is 25.4 Å². The average Bonchev–Trinajstić information content (AvgIpc) is 2.81. The van der Waals surface area contributed by atoms with Crippen LogP contribution in [0.2, 0.25) is 0 Å². The third-order valence-corrected chi connectivity index (χ3v) is 2.34. The molecule has 1 saturated heterocycles. The van der Waals surface area contributed by atoms with Gasteiger partial charge < -0.3 is 10.5 Å². The number of ether oxygens (including phenoxy) is 1. The van der Waals surface area contributed by atoms with E-state index in [4.69, 9.17) is 5.73 Å². The van der Waals surface area contributed by atoms with Crippen molar-refractivity contribution in [2.75, 3.05) is 13.7 Å². The maximum Gasteiger partial charge on any atom is 0.325 e. The van der Waals surface area contributed by atoms with E-state index in [1.54, 1.807) is 18.7 Å². The molecule has 5 heteroatoms. The zero-order chi connectivity index (χ0) is 10.2. The molecule has 1 fully saturated rings. The molecule has 0 aromatic rings. The van der Waals surface area contributed by atoms with E-state index >= 15 is 0 Å². The van der Waals surface area contributed by atoms with E-state index in [1.807, 2.05) is 0 Å². The third-order valence-electron chi connectivity index (χ3n) is 2.34. The van der Waals surface area contributed by atoms with E-state index in [0.717, 1.165) is 0 Å². The second-order valence-electron chi connectivity index (χ2n) is 3.62. The number of carbonyl (C=O) groups is 2. The highest BCUT2D eigenvalue weighted by atomic mass is 16.5. The van der Waals surface area contributed by atoms with Gasteiger partial charge in [0.2, 0.25) is 5.91 Å². The zero-order valence-electron chi connectivity index (χ0n) is 8.03. The van der Waals surface area contributed by atoms with Crippen molar-refractivity contribution < 1.29 is 14.3 Å². The van der Waals surface area contributed by atoms with E-state index in [2.05, 4.69) is 4.74 Å². The SMILES string of the molecule is COC(=O)C(C)(C)N1C[C@@H]1C(N)=O. The summed E-state index contributed by atoms with van der Waals surface area (Å²) in [6.45, 7) is 3.96. The van der Waals surface area contributed by atoms with Crippen molar-refractivity contribution in [3.63, 3.8) is 0 Å². The number of hydrogen-bond acceptors (Lipinski definition) is 4. The molecular weight excluding hydrogens is 172 g/mol. The van der Waals surface area contributed by atoms with Gasteiger partial charge >= 0.3 is 5.97 Å². The first-order chi connectivity index (χ1) is 5.91. The summed E-state index contributed by atoms with van der Waals surface area (Å²) in [5.74, 6) is -0.742. The third kappa shape index (κ3) is 1.65. The van der Waals surface area contributed by atoms with Crippen LogP contribution in [-0.2, 0) is 14.3 Å². The van der Waals surface area contributed by atoms with E-state index < -0.39 is 11.4 Å². The Hall–Kier alpha value is -1.10. The monoisotopic (exact) mass is 186 g/mol. The number of nitrogens with zero attached hydrogens (tertiary/aromatic N) is 1. The first-order valence-electron chi connectivity index (χ1n) is 4.05. The maximum absolute atomic E-state index is 11.3. The zero-order valence-corrected chi connectivity index (χ0v) is 8.03. The van der Waals surface area contributed by atoms with Crippen LogP contribution in [0.4, 0.5) is 0 Å². The molecule has 5 nitrogen and oxygen atoms in total. The smallest absolute Gasteiger partial charge is 0.325 e. The van der Waals surface area contributed by atoms with Gasteiger partial charge in [-0.3, -0.25) is 14.5 Å². The fourth-order valence-electron chi connectivity index (χ4n) is 1.37. The number of primary amides is 1. The van der Waals surface area contributed by atoms with Gasteiger partial charge in [-0.2, -0.15) is 0 Å². The Bertz CT molecular complexity index is 250. The average molecular weight is 186 g/mol. The summed E-state index contributed by atoms with van der Waals surface area (Å²) in [5, 5.41) is 0. The number of carbonyl (C=O) groups excluding carboxylic acids is 2. The fourth-order valence-corrected chi connectivity index (χ4v) is 1.37. The molecule has 0 spiro atoms. The van der Waals surface area contributed by atoms with Gasteiger partial charge in [0.1, 0.15) is 11.6 Å². The molecule has 1 aliphatic rings. The minimum Gasteiger partial charge on any atom is -0.468 e. The van der Waals surface area contributed by atoms with Gasteiger partial charge in [0, 0.05) is 6.54 Å². The van der Waals surface area contributed by atoms with Gasteiger partial charge in [-0.25, -0.2) is 0 Å². The number of hydrogen-bond donors (Lipinski definition) is 1. The summed E-state index contributed by atoms with van der Waals surface area (Å²) < 4.78 is 4.61. The Morgan fingerprint density at radius 2 is 2.08 bits per heavy atom. The number of amides is 1. The maximum atomic E-state index is 11.3. The Morgan fingerprint density at radius 1 is 1.54 bits per heavy atom. The highest BCUT2D eigenvalue weighted by Crippen LogP contribution is 2.29. The van der Waals surface area contributed by atoms with Crippen molar-refractivity contribution in [1.82, 2.24) is 4.90 Å². The van der Waals surface area contributed by atoms with Crippen LogP contribution in [0.25, 0.3) is 0 Å². The van der Waals surface area contributed by atoms with Gasteiger partial charge in [-0.05, 0) is 13.8 Å². The minimum atomic E-state index is -0.756. The molecule has 1 aliphatic heterocycles. The summed E-state index contributed by atoms with van der Waals surface area (Å²) in [6.07, 6.45) is 0. The molecule has 0 bridgehead atoms. The van der Waals surface area contributed by atoms with Gasteiger partial charge in [0.25, 0.3) is 0 Å². The lowest BCUT2D eigenvalue weighted by atomic mass is 10.1. The van der Waals surface area contributed by atoms with E-state index in [1.165, 1.54) is 7.11 Å². The molecule has 1 heterocycles. The molecule has 0 aromatic heterocycles. The molecule has 1 amide bonds. The Balaban J connectivity index is 2.64. The second-order valence-corrected chi connectivity index (χ2v) is 3.62. The van der Waals surface area contributed by atoms with Crippen molar-refractivity contribution in [3.05, 3.63) is 0 Å². The second kappa shape index (κ2) is 2.99. The molecule has 13 heavy (non-hydrogen) atoms. The summed E-state index contributed by atoms with van der Waals surface area (Å²) in [5.41, 5.74) is 4.34. The molecule has 0 aliphatic carbocycles. The molecule has 0 radical (unpaired) electrons. The Morgan fingerprint density at radius 3 is 2.38 bits per heavy atom. The molecule has 2 N–H and O–H groups in total. The molecule has 0 saturated carbocycles. The highest BCUT2D eigenvalue weighted by molar-refractivity contribution is 5.87. The van der Waals surface area contributed by atoms with Crippen LogP contribution in [0.5, 0.6) is 0 Å². The molecule has 2 atom stereocenters. The summed E-state index contributed by atoms with van der Waals surface area (Å²) in [4.78, 5) is 23.7. The molecule has 74 valence electrons. The predicted octanol–water partition coefficient (Wildman–Crippen LogP) is -0.892. The van der Waals surface area contributed by atoms with Crippen molar-refractivity contribution in [1.29, 1.82) is 0 Å². The Labute approximate surface area is 76.8 Å². The highest BCUT2D eigenvalue weighted by Gasteiger charge is 2.52. The summed E-state index contributed by atoms with van der Waals surface area (Å²) >= 11 is 0.